The van der Waals surface area contributed by atoms with Gasteiger partial charge in [0.2, 0.25) is 0 Å². The van der Waals surface area contributed by atoms with E-state index in [1.54, 1.807) is 0 Å². The lowest BCUT2D eigenvalue weighted by atomic mass is 10.7. The zero-order valence-electron chi connectivity index (χ0n) is 6.20. The van der Waals surface area contributed by atoms with Crippen molar-refractivity contribution in [3.05, 3.63) is 25.3 Å². The number of carbonyl (C=O) groups excluding carboxylic acids is 2. The smallest absolute Gasteiger partial charge is 0.344 e. The maximum Gasteiger partial charge on any atom is 0.344 e. The lowest BCUT2D eigenvalue weighted by Crippen LogP contribution is -1.95. The Morgan fingerprint density at radius 1 is 1.00 bits per heavy atom. The highest BCUT2D eigenvalue weighted by Gasteiger charge is 1.91. The Morgan fingerprint density at radius 3 is 1.58 bits per heavy atom. The Balaban J connectivity index is 3.75. The molecule has 0 N–H and O–H groups in total. The predicted molar refractivity (Wildman–Crippen MR) is 40.4 cm³/mol. The van der Waals surface area contributed by atoms with E-state index in [1.165, 1.54) is 0 Å². The first-order chi connectivity index (χ1) is 5.70. The van der Waals surface area contributed by atoms with Crippen molar-refractivity contribution >= 4 is 11.9 Å². The third kappa shape index (κ3) is 4.82. The minimum Gasteiger partial charge on any atom is -0.365 e. The minimum atomic E-state index is -0.711. The van der Waals surface area contributed by atoms with E-state index in [0.717, 1.165) is 12.2 Å². The highest BCUT2D eigenvalue weighted by molar-refractivity contribution is 5.83. The summed E-state index contributed by atoms with van der Waals surface area (Å²) >= 11 is 0. The Hall–Kier alpha value is -2.02. The van der Waals surface area contributed by atoms with Crippen LogP contribution in [0.15, 0.2) is 25.3 Å². The minimum absolute atomic E-state index is 0.711. The molecule has 0 radical (unpaired) electrons. The van der Waals surface area contributed by atoms with Gasteiger partial charge in [-0.2, -0.15) is 0 Å². The predicted octanol–water partition coefficient (Wildman–Crippen LogP) is 0.363. The molecule has 0 heterocycles. The normalized spacial score (nSPS) is 7.00. The van der Waals surface area contributed by atoms with Crippen LogP contribution >= 0.6 is 0 Å². The third-order valence-electron chi connectivity index (χ3n) is 0.678. The second kappa shape index (κ2) is 5.74. The topological polar surface area (TPSA) is 52.6 Å². The highest BCUT2D eigenvalue weighted by atomic mass is 16.6. The fourth-order valence-corrected chi connectivity index (χ4v) is 0.226. The quantitative estimate of drug-likeness (QED) is 0.337. The summed E-state index contributed by atoms with van der Waals surface area (Å²) in [5.74, 6) is -1.42. The van der Waals surface area contributed by atoms with Crippen LogP contribution in [0.5, 0.6) is 0 Å². The van der Waals surface area contributed by atoms with Crippen LogP contribution in [0.25, 0.3) is 0 Å². The molecule has 62 valence electrons. The lowest BCUT2D eigenvalue weighted by molar-refractivity contribution is -0.133. The van der Waals surface area contributed by atoms with Crippen LogP contribution in [0.2, 0.25) is 0 Å². The van der Waals surface area contributed by atoms with Gasteiger partial charge in [-0.05, 0) is 0 Å². The molecule has 0 bridgehead atoms. The molecule has 0 aromatic rings. The summed E-state index contributed by atoms with van der Waals surface area (Å²) in [5.41, 5.74) is 0. The zero-order chi connectivity index (χ0) is 9.40. The van der Waals surface area contributed by atoms with Gasteiger partial charge < -0.3 is 9.47 Å². The summed E-state index contributed by atoms with van der Waals surface area (Å²) in [6, 6.07) is 0. The molecule has 0 aromatic carbocycles. The highest BCUT2D eigenvalue weighted by Crippen LogP contribution is 1.77. The Labute approximate surface area is 69.5 Å². The molecular weight excluding hydrogens is 160 g/mol. The van der Waals surface area contributed by atoms with Gasteiger partial charge >= 0.3 is 11.9 Å². The molecule has 0 aliphatic rings. The number of rotatable bonds is 2. The van der Waals surface area contributed by atoms with E-state index < -0.39 is 11.9 Å². The Morgan fingerprint density at radius 2 is 1.33 bits per heavy atom. The summed E-state index contributed by atoms with van der Waals surface area (Å²) in [4.78, 5) is 20.6. The molecule has 0 aliphatic carbocycles. The number of hydrogen-bond donors (Lipinski definition) is 0. The Kier molecular flexibility index (Phi) is 4.77. The Bertz CT molecular complexity index is 241. The molecule has 12 heavy (non-hydrogen) atoms. The fraction of sp³-hybridized carbons (Fsp3) is 0. The van der Waals surface area contributed by atoms with Gasteiger partial charge in [-0.25, -0.2) is 9.59 Å². The zero-order valence-corrected chi connectivity index (χ0v) is 6.20. The molecule has 4 nitrogen and oxygen atoms in total. The van der Waals surface area contributed by atoms with Crippen LogP contribution in [-0.4, -0.2) is 11.9 Å². The number of ether oxygens (including phenoxy) is 2. The van der Waals surface area contributed by atoms with Crippen molar-refractivity contribution in [2.75, 3.05) is 0 Å². The van der Waals surface area contributed by atoms with Crippen molar-refractivity contribution in [3.63, 3.8) is 0 Å². The molecule has 0 atom stereocenters. The van der Waals surface area contributed by atoms with Crippen molar-refractivity contribution in [2.45, 2.75) is 0 Å². The van der Waals surface area contributed by atoms with Gasteiger partial charge in [0, 0.05) is 12.2 Å². The molecule has 0 aromatic heterocycles. The molecule has 0 rings (SSSR count). The van der Waals surface area contributed by atoms with Crippen molar-refractivity contribution < 1.29 is 19.1 Å². The largest absolute Gasteiger partial charge is 0.365 e. The second-order valence-corrected chi connectivity index (χ2v) is 1.45. The number of esters is 2. The van der Waals surface area contributed by atoms with E-state index in [-0.39, 0.29) is 0 Å². The first kappa shape index (κ1) is 9.98. The van der Waals surface area contributed by atoms with Gasteiger partial charge in [-0.1, -0.05) is 13.2 Å². The van der Waals surface area contributed by atoms with Crippen molar-refractivity contribution in [1.82, 2.24) is 0 Å². The van der Waals surface area contributed by atoms with Crippen LogP contribution in [0.1, 0.15) is 0 Å². The van der Waals surface area contributed by atoms with Crippen molar-refractivity contribution in [1.29, 1.82) is 0 Å². The molecule has 0 fully saturated rings. The maximum atomic E-state index is 10.3. The number of hydrogen-bond acceptors (Lipinski definition) is 4. The van der Waals surface area contributed by atoms with E-state index in [4.69, 9.17) is 0 Å². The summed E-state index contributed by atoms with van der Waals surface area (Å²) in [6.45, 7) is 6.25. The van der Waals surface area contributed by atoms with E-state index >= 15 is 0 Å². The molecule has 0 amide bonds. The molecule has 0 spiro atoms. The third-order valence-corrected chi connectivity index (χ3v) is 0.678. The van der Waals surface area contributed by atoms with Crippen LogP contribution in [0.4, 0.5) is 0 Å². The van der Waals surface area contributed by atoms with Crippen LogP contribution in [0.3, 0.4) is 0 Å². The standard InChI is InChI=1S/C8H6O4/c1-3-7(9)11-5-6-12-8(10)4-2/h3-4H,1-2H2. The summed E-state index contributed by atoms with van der Waals surface area (Å²) < 4.78 is 8.31. The fourth-order valence-electron chi connectivity index (χ4n) is 0.226. The molecular formula is C8H6O4. The average Bonchev–Trinajstić information content (AvgIpc) is 2.11. The summed E-state index contributed by atoms with van der Waals surface area (Å²) in [5, 5.41) is 0. The van der Waals surface area contributed by atoms with Crippen LogP contribution < -0.4 is 0 Å². The monoisotopic (exact) mass is 166 g/mol. The summed E-state index contributed by atoms with van der Waals surface area (Å²) in [6.07, 6.45) is 5.55. The maximum absolute atomic E-state index is 10.3. The van der Waals surface area contributed by atoms with Crippen molar-refractivity contribution in [3.8, 4) is 12.2 Å². The lowest BCUT2D eigenvalue weighted by Gasteiger charge is -1.85. The average molecular weight is 166 g/mol. The van der Waals surface area contributed by atoms with Gasteiger partial charge in [0.1, 0.15) is 0 Å². The van der Waals surface area contributed by atoms with Gasteiger partial charge in [-0.15, -0.1) is 0 Å². The summed E-state index contributed by atoms with van der Waals surface area (Å²) in [7, 11) is 0. The number of carbonyl (C=O) groups is 2. The van der Waals surface area contributed by atoms with E-state index in [2.05, 4.69) is 22.6 Å². The van der Waals surface area contributed by atoms with Crippen molar-refractivity contribution in [2.24, 2.45) is 0 Å². The van der Waals surface area contributed by atoms with Gasteiger partial charge in [0.25, 0.3) is 0 Å². The van der Waals surface area contributed by atoms with Gasteiger partial charge in [-0.3, -0.25) is 0 Å². The van der Waals surface area contributed by atoms with E-state index in [9.17, 15) is 9.59 Å². The van der Waals surface area contributed by atoms with Gasteiger partial charge in [0.15, 0.2) is 12.2 Å². The molecule has 0 aliphatic heterocycles. The van der Waals surface area contributed by atoms with E-state index in [0.29, 0.717) is 0 Å². The van der Waals surface area contributed by atoms with E-state index in [1.807, 2.05) is 12.2 Å². The molecule has 4 heteroatoms. The molecule has 0 saturated heterocycles. The first-order valence-electron chi connectivity index (χ1n) is 2.87. The SMILES string of the molecule is C=CC(=O)OC#COC(=O)C=C. The van der Waals surface area contributed by atoms with Gasteiger partial charge in [0.05, 0.1) is 0 Å². The first-order valence-corrected chi connectivity index (χ1v) is 2.87. The molecule has 0 saturated carbocycles. The van der Waals surface area contributed by atoms with Crippen LogP contribution in [-0.2, 0) is 19.1 Å². The molecule has 0 unspecified atom stereocenters. The van der Waals surface area contributed by atoms with Crippen LogP contribution in [0, 0.1) is 12.2 Å². The second-order valence-electron chi connectivity index (χ2n) is 1.45.